The van der Waals surface area contributed by atoms with E-state index in [1.807, 2.05) is 54.0 Å². The van der Waals surface area contributed by atoms with E-state index in [9.17, 15) is 4.79 Å². The lowest BCUT2D eigenvalue weighted by Gasteiger charge is -2.14. The van der Waals surface area contributed by atoms with Crippen molar-refractivity contribution in [1.82, 2.24) is 14.8 Å². The van der Waals surface area contributed by atoms with Gasteiger partial charge in [0.1, 0.15) is 5.25 Å². The van der Waals surface area contributed by atoms with Crippen molar-refractivity contribution < 1.29 is 19.0 Å². The Morgan fingerprint density at radius 2 is 1.79 bits per heavy atom. The summed E-state index contributed by atoms with van der Waals surface area (Å²) in [5.41, 5.74) is 2.82. The maximum atomic E-state index is 11.9. The number of esters is 1. The van der Waals surface area contributed by atoms with Gasteiger partial charge in [-0.25, -0.2) is 0 Å². The predicted octanol–water partition coefficient (Wildman–Crippen LogP) is 3.91. The van der Waals surface area contributed by atoms with Crippen LogP contribution in [0.25, 0.3) is 17.1 Å². The highest BCUT2D eigenvalue weighted by molar-refractivity contribution is 8.00. The van der Waals surface area contributed by atoms with Crippen LogP contribution in [-0.2, 0) is 9.53 Å². The van der Waals surface area contributed by atoms with Crippen LogP contribution in [0.2, 0.25) is 0 Å². The summed E-state index contributed by atoms with van der Waals surface area (Å²) in [6.45, 7) is 3.80. The van der Waals surface area contributed by atoms with E-state index in [-0.39, 0.29) is 5.97 Å². The van der Waals surface area contributed by atoms with Crippen LogP contribution in [0.4, 0.5) is 0 Å². The minimum Gasteiger partial charge on any atom is -0.493 e. The zero-order valence-corrected chi connectivity index (χ0v) is 17.8. The minimum atomic E-state index is -0.425. The van der Waals surface area contributed by atoms with Crippen LogP contribution in [0.5, 0.6) is 11.5 Å². The molecule has 0 aliphatic carbocycles. The first-order valence-electron chi connectivity index (χ1n) is 8.97. The number of hydrogen-bond donors (Lipinski definition) is 0. The molecule has 152 valence electrons. The molecule has 0 bridgehead atoms. The molecule has 1 atom stereocenters. The number of aryl methyl sites for hydroxylation is 1. The summed E-state index contributed by atoms with van der Waals surface area (Å²) in [5, 5.41) is 8.93. The number of benzene rings is 2. The van der Waals surface area contributed by atoms with Gasteiger partial charge >= 0.3 is 5.97 Å². The van der Waals surface area contributed by atoms with Crippen molar-refractivity contribution in [3.05, 3.63) is 48.0 Å². The average molecular weight is 413 g/mol. The number of ether oxygens (including phenoxy) is 3. The minimum absolute atomic E-state index is 0.318. The van der Waals surface area contributed by atoms with Gasteiger partial charge in [-0.3, -0.25) is 9.36 Å². The first-order chi connectivity index (χ1) is 14.0. The van der Waals surface area contributed by atoms with Gasteiger partial charge < -0.3 is 14.2 Å². The molecule has 3 rings (SSSR count). The summed E-state index contributed by atoms with van der Waals surface area (Å²) in [7, 11) is 4.56. The summed E-state index contributed by atoms with van der Waals surface area (Å²) in [6, 6.07) is 13.6. The predicted molar refractivity (Wildman–Crippen MR) is 112 cm³/mol. The molecule has 7 nitrogen and oxygen atoms in total. The lowest BCUT2D eigenvalue weighted by molar-refractivity contribution is -0.139. The fraction of sp³-hybridized carbons (Fsp3) is 0.286. The molecule has 3 aromatic rings. The number of methoxy groups -OCH3 is 3. The van der Waals surface area contributed by atoms with Crippen LogP contribution >= 0.6 is 11.8 Å². The number of thioether (sulfide) groups is 1. The Kier molecular flexibility index (Phi) is 6.43. The van der Waals surface area contributed by atoms with Gasteiger partial charge in [0.25, 0.3) is 0 Å². The smallest absolute Gasteiger partial charge is 0.318 e. The summed E-state index contributed by atoms with van der Waals surface area (Å²) >= 11 is 1.30. The molecule has 0 spiro atoms. The second-order valence-electron chi connectivity index (χ2n) is 6.33. The summed E-state index contributed by atoms with van der Waals surface area (Å²) in [5.74, 6) is 1.55. The number of carbonyl (C=O) groups is 1. The Bertz CT molecular complexity index is 1020. The van der Waals surface area contributed by atoms with Crippen molar-refractivity contribution in [1.29, 1.82) is 0 Å². The number of nitrogens with zero attached hydrogens (tertiary/aromatic N) is 3. The van der Waals surface area contributed by atoms with E-state index >= 15 is 0 Å². The zero-order valence-electron chi connectivity index (χ0n) is 17.0. The maximum Gasteiger partial charge on any atom is 0.318 e. The van der Waals surface area contributed by atoms with Crippen LogP contribution in [-0.4, -0.2) is 47.3 Å². The van der Waals surface area contributed by atoms with Crippen LogP contribution in [0, 0.1) is 6.92 Å². The van der Waals surface area contributed by atoms with Gasteiger partial charge in [-0.1, -0.05) is 23.9 Å². The second-order valence-corrected chi connectivity index (χ2v) is 7.64. The zero-order chi connectivity index (χ0) is 21.0. The van der Waals surface area contributed by atoms with Crippen molar-refractivity contribution in [2.45, 2.75) is 24.3 Å². The largest absolute Gasteiger partial charge is 0.493 e. The highest BCUT2D eigenvalue weighted by Crippen LogP contribution is 2.35. The standard InChI is InChI=1S/C21H23N3O4S/c1-13-7-6-8-16(11-13)24-19(15-9-10-17(26-3)18(12-15)27-4)22-23-21(24)29-14(2)20(25)28-5/h6-12,14H,1-5H3. The van der Waals surface area contributed by atoms with Gasteiger partial charge in [0, 0.05) is 11.3 Å². The molecule has 0 N–H and O–H groups in total. The number of hydrogen-bond acceptors (Lipinski definition) is 7. The van der Waals surface area contributed by atoms with Gasteiger partial charge in [0.2, 0.25) is 0 Å². The SMILES string of the molecule is COC(=O)C(C)Sc1nnc(-c2ccc(OC)c(OC)c2)n1-c1cccc(C)c1. The first-order valence-corrected chi connectivity index (χ1v) is 9.85. The van der Waals surface area contributed by atoms with Gasteiger partial charge in [-0.05, 0) is 49.7 Å². The average Bonchev–Trinajstić information content (AvgIpc) is 3.15. The monoisotopic (exact) mass is 413 g/mol. The van der Waals surface area contributed by atoms with Crippen molar-refractivity contribution in [3.63, 3.8) is 0 Å². The van der Waals surface area contributed by atoms with Crippen molar-refractivity contribution >= 4 is 17.7 Å². The fourth-order valence-electron chi connectivity index (χ4n) is 2.88. The lowest BCUT2D eigenvalue weighted by atomic mass is 10.1. The maximum absolute atomic E-state index is 11.9. The number of rotatable bonds is 7. The van der Waals surface area contributed by atoms with E-state index in [0.29, 0.717) is 22.5 Å². The molecule has 2 aromatic carbocycles. The Hall–Kier alpha value is -3.00. The van der Waals surface area contributed by atoms with Crippen LogP contribution in [0.3, 0.4) is 0 Å². The molecule has 29 heavy (non-hydrogen) atoms. The van der Waals surface area contributed by atoms with Gasteiger partial charge in [0.05, 0.1) is 21.3 Å². The molecule has 1 aromatic heterocycles. The molecule has 0 amide bonds. The summed E-state index contributed by atoms with van der Waals surface area (Å²) < 4.78 is 17.5. The van der Waals surface area contributed by atoms with Crippen molar-refractivity contribution in [2.24, 2.45) is 0 Å². The Morgan fingerprint density at radius 1 is 1.03 bits per heavy atom. The Morgan fingerprint density at radius 3 is 2.45 bits per heavy atom. The van der Waals surface area contributed by atoms with Gasteiger partial charge in [0.15, 0.2) is 22.5 Å². The molecule has 0 radical (unpaired) electrons. The lowest BCUT2D eigenvalue weighted by Crippen LogP contribution is -2.15. The van der Waals surface area contributed by atoms with E-state index < -0.39 is 5.25 Å². The molecule has 0 aliphatic rings. The molecule has 0 fully saturated rings. The van der Waals surface area contributed by atoms with E-state index in [1.165, 1.54) is 18.9 Å². The van der Waals surface area contributed by atoms with Crippen molar-refractivity contribution in [2.75, 3.05) is 21.3 Å². The highest BCUT2D eigenvalue weighted by atomic mass is 32.2. The van der Waals surface area contributed by atoms with Gasteiger partial charge in [-0.2, -0.15) is 0 Å². The van der Waals surface area contributed by atoms with E-state index in [4.69, 9.17) is 14.2 Å². The molecule has 0 aliphatic heterocycles. The third kappa shape index (κ3) is 4.37. The van der Waals surface area contributed by atoms with E-state index in [1.54, 1.807) is 21.1 Å². The van der Waals surface area contributed by atoms with E-state index in [2.05, 4.69) is 10.2 Å². The molecule has 1 unspecified atom stereocenters. The van der Waals surface area contributed by atoms with Crippen LogP contribution in [0.1, 0.15) is 12.5 Å². The first kappa shape index (κ1) is 20.7. The van der Waals surface area contributed by atoms with Gasteiger partial charge in [-0.15, -0.1) is 10.2 Å². The fourth-order valence-corrected chi connectivity index (χ4v) is 3.77. The Labute approximate surface area is 174 Å². The summed E-state index contributed by atoms with van der Waals surface area (Å²) in [4.78, 5) is 11.9. The number of carbonyl (C=O) groups excluding carboxylic acids is 1. The molecule has 1 heterocycles. The quantitative estimate of drug-likeness (QED) is 0.429. The molecule has 8 heteroatoms. The third-order valence-corrected chi connectivity index (χ3v) is 5.37. The van der Waals surface area contributed by atoms with Crippen molar-refractivity contribution in [3.8, 4) is 28.6 Å². The van der Waals surface area contributed by atoms with Crippen LogP contribution < -0.4 is 9.47 Å². The third-order valence-electron chi connectivity index (χ3n) is 4.35. The molecule has 0 saturated heterocycles. The second kappa shape index (κ2) is 9.00. The normalized spacial score (nSPS) is 11.8. The topological polar surface area (TPSA) is 75.5 Å². The molecule has 0 saturated carbocycles. The number of aromatic nitrogens is 3. The molecular weight excluding hydrogens is 390 g/mol. The Balaban J connectivity index is 2.14. The molecular formula is C21H23N3O4S. The summed E-state index contributed by atoms with van der Waals surface area (Å²) in [6.07, 6.45) is 0. The van der Waals surface area contributed by atoms with E-state index in [0.717, 1.165) is 16.8 Å². The highest BCUT2D eigenvalue weighted by Gasteiger charge is 2.23. The van der Waals surface area contributed by atoms with Crippen LogP contribution in [0.15, 0.2) is 47.6 Å².